The summed E-state index contributed by atoms with van der Waals surface area (Å²) in [4.78, 5) is 16.7. The second kappa shape index (κ2) is 9.25. The van der Waals surface area contributed by atoms with Gasteiger partial charge in [-0.2, -0.15) is 0 Å². The number of carbonyl (C=O) groups is 1. The number of amides is 1. The molecule has 1 amide bonds. The maximum atomic E-state index is 12.8. The number of thiophene rings is 1. The van der Waals surface area contributed by atoms with E-state index < -0.39 is 0 Å². The molecule has 4 nitrogen and oxygen atoms in total. The number of carbonyl (C=O) groups excluding carboxylic acids is 1. The SMILES string of the molecule is C[C@@H](NC(=O)c1ccc(Oc2ccccc2)cc1)[C@@H](c1cccs1)N1CCCC1. The first kappa shape index (κ1) is 19.7. The van der Waals surface area contributed by atoms with E-state index in [2.05, 4.69) is 34.7 Å². The van der Waals surface area contributed by atoms with Crippen LogP contribution in [0.4, 0.5) is 0 Å². The zero-order valence-electron chi connectivity index (χ0n) is 16.6. The summed E-state index contributed by atoms with van der Waals surface area (Å²) in [7, 11) is 0. The molecular weight excluding hydrogens is 380 g/mol. The Kier molecular flexibility index (Phi) is 6.27. The zero-order valence-corrected chi connectivity index (χ0v) is 17.4. The number of hydrogen-bond donors (Lipinski definition) is 1. The summed E-state index contributed by atoms with van der Waals surface area (Å²) in [5.74, 6) is 1.45. The first-order valence-corrected chi connectivity index (χ1v) is 11.0. The van der Waals surface area contributed by atoms with Crippen LogP contribution in [0.15, 0.2) is 72.1 Å². The minimum Gasteiger partial charge on any atom is -0.457 e. The fourth-order valence-electron chi connectivity index (χ4n) is 3.89. The lowest BCUT2D eigenvalue weighted by atomic mass is 10.1. The van der Waals surface area contributed by atoms with Crippen molar-refractivity contribution in [2.75, 3.05) is 13.1 Å². The van der Waals surface area contributed by atoms with Crippen LogP contribution >= 0.6 is 11.3 Å². The van der Waals surface area contributed by atoms with Gasteiger partial charge in [-0.3, -0.25) is 9.69 Å². The molecule has 29 heavy (non-hydrogen) atoms. The maximum absolute atomic E-state index is 12.8. The Balaban J connectivity index is 1.42. The third-order valence-corrected chi connectivity index (χ3v) is 6.24. The highest BCUT2D eigenvalue weighted by molar-refractivity contribution is 7.10. The van der Waals surface area contributed by atoms with Crippen LogP contribution in [0.2, 0.25) is 0 Å². The molecule has 5 heteroatoms. The molecule has 1 aromatic heterocycles. The zero-order chi connectivity index (χ0) is 20.1. The topological polar surface area (TPSA) is 41.6 Å². The third kappa shape index (κ3) is 4.86. The summed E-state index contributed by atoms with van der Waals surface area (Å²) in [5.41, 5.74) is 0.642. The average Bonchev–Trinajstić information content (AvgIpc) is 3.44. The fourth-order valence-corrected chi connectivity index (χ4v) is 4.85. The third-order valence-electron chi connectivity index (χ3n) is 5.30. The van der Waals surface area contributed by atoms with Crippen molar-refractivity contribution < 1.29 is 9.53 Å². The number of ether oxygens (including phenoxy) is 1. The van der Waals surface area contributed by atoms with Crippen molar-refractivity contribution in [1.82, 2.24) is 10.2 Å². The van der Waals surface area contributed by atoms with Gasteiger partial charge in [-0.25, -0.2) is 0 Å². The molecule has 3 aromatic rings. The molecule has 0 bridgehead atoms. The van der Waals surface area contributed by atoms with Crippen molar-refractivity contribution in [3.63, 3.8) is 0 Å². The van der Waals surface area contributed by atoms with Gasteiger partial charge in [0.15, 0.2) is 0 Å². The second-order valence-corrected chi connectivity index (χ2v) is 8.38. The van der Waals surface area contributed by atoms with Gasteiger partial charge in [-0.15, -0.1) is 11.3 Å². The van der Waals surface area contributed by atoms with Crippen molar-refractivity contribution >= 4 is 17.2 Å². The van der Waals surface area contributed by atoms with Crippen LogP contribution in [0.5, 0.6) is 11.5 Å². The average molecular weight is 407 g/mol. The van der Waals surface area contributed by atoms with E-state index in [1.165, 1.54) is 17.7 Å². The lowest BCUT2D eigenvalue weighted by Gasteiger charge is -2.32. The quantitative estimate of drug-likeness (QED) is 0.564. The maximum Gasteiger partial charge on any atom is 0.251 e. The van der Waals surface area contributed by atoms with Gasteiger partial charge >= 0.3 is 0 Å². The van der Waals surface area contributed by atoms with Gasteiger partial charge in [0, 0.05) is 16.5 Å². The number of para-hydroxylation sites is 1. The summed E-state index contributed by atoms with van der Waals surface area (Å²) < 4.78 is 5.81. The molecule has 2 atom stereocenters. The Labute approximate surface area is 176 Å². The number of rotatable bonds is 7. The molecule has 1 aliphatic rings. The molecule has 1 fully saturated rings. The van der Waals surface area contributed by atoms with Gasteiger partial charge in [0.2, 0.25) is 0 Å². The van der Waals surface area contributed by atoms with Gasteiger partial charge in [0.25, 0.3) is 5.91 Å². The number of benzene rings is 2. The largest absolute Gasteiger partial charge is 0.457 e. The van der Waals surface area contributed by atoms with Crippen molar-refractivity contribution in [1.29, 1.82) is 0 Å². The van der Waals surface area contributed by atoms with Crippen LogP contribution in [0, 0.1) is 0 Å². The van der Waals surface area contributed by atoms with Crippen LogP contribution in [-0.4, -0.2) is 29.9 Å². The van der Waals surface area contributed by atoms with E-state index in [-0.39, 0.29) is 18.0 Å². The highest BCUT2D eigenvalue weighted by atomic mass is 32.1. The van der Waals surface area contributed by atoms with Gasteiger partial charge in [0.1, 0.15) is 11.5 Å². The van der Waals surface area contributed by atoms with Crippen molar-refractivity contribution in [2.24, 2.45) is 0 Å². The van der Waals surface area contributed by atoms with Gasteiger partial charge in [-0.1, -0.05) is 24.3 Å². The summed E-state index contributed by atoms with van der Waals surface area (Å²) in [6.07, 6.45) is 2.46. The Hall–Kier alpha value is -2.63. The van der Waals surface area contributed by atoms with Crippen molar-refractivity contribution in [3.05, 3.63) is 82.6 Å². The molecule has 1 saturated heterocycles. The molecule has 150 valence electrons. The van der Waals surface area contributed by atoms with Crippen molar-refractivity contribution in [3.8, 4) is 11.5 Å². The van der Waals surface area contributed by atoms with E-state index in [0.29, 0.717) is 11.3 Å². The molecule has 0 aliphatic carbocycles. The van der Waals surface area contributed by atoms with Crippen LogP contribution in [0.1, 0.15) is 41.0 Å². The van der Waals surface area contributed by atoms with E-state index in [9.17, 15) is 4.79 Å². The molecule has 2 heterocycles. The Bertz CT molecular complexity index is 904. The van der Waals surface area contributed by atoms with Crippen molar-refractivity contribution in [2.45, 2.75) is 31.8 Å². The molecule has 2 aromatic carbocycles. The second-order valence-electron chi connectivity index (χ2n) is 7.40. The highest BCUT2D eigenvalue weighted by Crippen LogP contribution is 2.31. The number of nitrogens with one attached hydrogen (secondary N) is 1. The molecule has 1 aliphatic heterocycles. The molecule has 0 unspecified atom stereocenters. The minimum absolute atomic E-state index is 0.0273. The normalized spacial score (nSPS) is 16.3. The minimum atomic E-state index is -0.0514. The van der Waals surface area contributed by atoms with E-state index in [1.54, 1.807) is 11.3 Å². The Morgan fingerprint density at radius 3 is 2.31 bits per heavy atom. The predicted octanol–water partition coefficient (Wildman–Crippen LogP) is 5.50. The lowest BCUT2D eigenvalue weighted by Crippen LogP contribution is -2.43. The standard InChI is InChI=1S/C24H26N2O2S/c1-18(23(22-10-7-17-29-22)26-15-5-6-16-26)25-24(27)19-11-13-21(14-12-19)28-20-8-3-2-4-9-20/h2-4,7-14,17-18,23H,5-6,15-16H2,1H3,(H,25,27)/t18-,23+/m1/s1. The summed E-state index contributed by atoms with van der Waals surface area (Å²) in [6, 6.07) is 21.5. The summed E-state index contributed by atoms with van der Waals surface area (Å²) in [6.45, 7) is 4.29. The highest BCUT2D eigenvalue weighted by Gasteiger charge is 2.30. The number of hydrogen-bond acceptors (Lipinski definition) is 4. The van der Waals surface area contributed by atoms with E-state index >= 15 is 0 Å². The molecule has 0 radical (unpaired) electrons. The predicted molar refractivity (Wildman–Crippen MR) is 118 cm³/mol. The molecular formula is C24H26N2O2S. The van der Waals surface area contributed by atoms with Crippen LogP contribution in [0.25, 0.3) is 0 Å². The van der Waals surface area contributed by atoms with Crippen LogP contribution in [0.3, 0.4) is 0 Å². The number of nitrogens with zero attached hydrogens (tertiary/aromatic N) is 1. The molecule has 0 spiro atoms. The van der Waals surface area contributed by atoms with Gasteiger partial charge in [-0.05, 0) is 80.7 Å². The summed E-state index contributed by atoms with van der Waals surface area (Å²) in [5, 5.41) is 5.33. The fraction of sp³-hybridized carbons (Fsp3) is 0.292. The smallest absolute Gasteiger partial charge is 0.251 e. The van der Waals surface area contributed by atoms with E-state index in [1.807, 2.05) is 54.6 Å². The van der Waals surface area contributed by atoms with Gasteiger partial charge < -0.3 is 10.1 Å². The van der Waals surface area contributed by atoms with Crippen LogP contribution in [-0.2, 0) is 0 Å². The monoisotopic (exact) mass is 406 g/mol. The first-order chi connectivity index (χ1) is 14.2. The first-order valence-electron chi connectivity index (χ1n) is 10.1. The molecule has 1 N–H and O–H groups in total. The van der Waals surface area contributed by atoms with Crippen LogP contribution < -0.4 is 10.1 Å². The summed E-state index contributed by atoms with van der Waals surface area (Å²) >= 11 is 1.76. The van der Waals surface area contributed by atoms with Gasteiger partial charge in [0.05, 0.1) is 6.04 Å². The Morgan fingerprint density at radius 1 is 0.966 bits per heavy atom. The Morgan fingerprint density at radius 2 is 1.66 bits per heavy atom. The van der Waals surface area contributed by atoms with E-state index in [0.717, 1.165) is 18.8 Å². The molecule has 4 rings (SSSR count). The lowest BCUT2D eigenvalue weighted by molar-refractivity contribution is 0.0908. The molecule has 0 saturated carbocycles. The van der Waals surface area contributed by atoms with E-state index in [4.69, 9.17) is 4.74 Å². The number of likely N-dealkylation sites (tertiary alicyclic amines) is 1.